The summed E-state index contributed by atoms with van der Waals surface area (Å²) in [6, 6.07) is 34.8. The molecule has 2 saturated heterocycles. The summed E-state index contributed by atoms with van der Waals surface area (Å²) in [5, 5.41) is 59.8. The number of carbonyl (C=O) groups is 1. The number of aliphatic hydroxyl groups is 5. The zero-order chi connectivity index (χ0) is 42.5. The Morgan fingerprint density at radius 3 is 1.72 bits per heavy atom. The van der Waals surface area contributed by atoms with Crippen LogP contribution in [-0.4, -0.2) is 124 Å². The zero-order valence-corrected chi connectivity index (χ0v) is 34.4. The molecule has 1 amide bonds. The van der Waals surface area contributed by atoms with Crippen LogP contribution in [0.1, 0.15) is 73.4 Å². The van der Waals surface area contributed by atoms with Gasteiger partial charge < -0.3 is 54.5 Å². The fraction of sp³-hybridized carbons (Fsp3) is 0.479. The number of amides is 1. The molecule has 0 bridgehead atoms. The standard InChI is InChI=1S/C48H58N2O11/c1-29(42(54)44-40(52)27-57-46(60-44)30-12-4-2-5-13-30)24-50(25-39(51)43(55)45-41(53)28-58-47(61-45)31-14-6-3-7-15-31)33-22-20-32(21-23-33)49-48(56)59-26-38-36-18-10-8-16-34(36)35-17-9-11-19-37(35)38/h2-19,29,32-33,38-47,51-55H,20-28H2,1H3,(H,49,56)/t29-,32?,33?,39-,40+,41+,42+,43+,44?,45+,46?,47?/m0/s1. The van der Waals surface area contributed by atoms with E-state index in [4.69, 9.17) is 23.7 Å². The summed E-state index contributed by atoms with van der Waals surface area (Å²) in [5.41, 5.74) is 6.11. The predicted octanol–water partition coefficient (Wildman–Crippen LogP) is 4.81. The second-order valence-corrected chi connectivity index (χ2v) is 16.9. The fourth-order valence-electron chi connectivity index (χ4n) is 9.43. The molecule has 2 aliphatic heterocycles. The topological polar surface area (TPSA) is 180 Å². The molecule has 6 N–H and O–H groups in total. The molecule has 4 aliphatic rings. The maximum Gasteiger partial charge on any atom is 0.407 e. The summed E-state index contributed by atoms with van der Waals surface area (Å²) in [4.78, 5) is 15.3. The first-order valence-corrected chi connectivity index (χ1v) is 21.5. The number of alkyl carbamates (subject to hydrolysis) is 1. The second-order valence-electron chi connectivity index (χ2n) is 16.9. The summed E-state index contributed by atoms with van der Waals surface area (Å²) in [5.74, 6) is -0.502. The molecule has 0 radical (unpaired) electrons. The SMILES string of the molecule is C[C@@H](CN(C[C@H](O)[C@@H](O)[C@@H]1OC(c2ccccc2)OC[C@H]1O)C1CCC(NC(=O)OCC2c3ccccc3-c3ccccc32)CC1)[C@@H](O)C1OC(c2ccccc2)OC[C@H]1O. The van der Waals surface area contributed by atoms with Crippen LogP contribution < -0.4 is 5.32 Å². The van der Waals surface area contributed by atoms with Crippen molar-refractivity contribution < 1.29 is 54.0 Å². The molecule has 4 aromatic carbocycles. The van der Waals surface area contributed by atoms with Gasteiger partial charge in [-0.15, -0.1) is 0 Å². The third-order valence-electron chi connectivity index (χ3n) is 12.8. The first-order chi connectivity index (χ1) is 29.6. The van der Waals surface area contributed by atoms with Gasteiger partial charge in [-0.3, -0.25) is 4.90 Å². The van der Waals surface area contributed by atoms with Gasteiger partial charge >= 0.3 is 6.09 Å². The van der Waals surface area contributed by atoms with Crippen molar-refractivity contribution in [3.8, 4) is 11.1 Å². The van der Waals surface area contributed by atoms with Crippen molar-refractivity contribution in [2.24, 2.45) is 5.92 Å². The lowest BCUT2D eigenvalue weighted by Crippen LogP contribution is -2.56. The van der Waals surface area contributed by atoms with Crippen molar-refractivity contribution in [1.82, 2.24) is 10.2 Å². The number of fused-ring (bicyclic) bond motifs is 3. The first kappa shape index (κ1) is 43.4. The Balaban J connectivity index is 0.913. The van der Waals surface area contributed by atoms with E-state index < -0.39 is 67.3 Å². The summed E-state index contributed by atoms with van der Waals surface area (Å²) < 4.78 is 29.5. The maximum atomic E-state index is 13.2. The van der Waals surface area contributed by atoms with Crippen LogP contribution in [0.25, 0.3) is 11.1 Å². The molecule has 61 heavy (non-hydrogen) atoms. The fourth-order valence-corrected chi connectivity index (χ4v) is 9.43. The molecule has 326 valence electrons. The Morgan fingerprint density at radius 2 is 1.18 bits per heavy atom. The molecular formula is C48H58N2O11. The Labute approximate surface area is 356 Å². The molecule has 2 aliphatic carbocycles. The Bertz CT molecular complexity index is 1890. The molecule has 3 fully saturated rings. The van der Waals surface area contributed by atoms with Crippen molar-refractivity contribution in [1.29, 1.82) is 0 Å². The van der Waals surface area contributed by atoms with Gasteiger partial charge in [-0.1, -0.05) is 116 Å². The quantitative estimate of drug-likeness (QED) is 0.102. The average Bonchev–Trinajstić information content (AvgIpc) is 3.62. The van der Waals surface area contributed by atoms with Crippen LogP contribution in [0.5, 0.6) is 0 Å². The number of benzene rings is 4. The van der Waals surface area contributed by atoms with Crippen LogP contribution in [0.4, 0.5) is 4.79 Å². The number of nitrogens with one attached hydrogen (secondary N) is 1. The lowest BCUT2D eigenvalue weighted by Gasteiger charge is -2.43. The molecule has 8 rings (SSSR count). The Hall–Kier alpha value is -4.25. The smallest absolute Gasteiger partial charge is 0.407 e. The number of ether oxygens (including phenoxy) is 5. The highest BCUT2D eigenvalue weighted by Gasteiger charge is 2.43. The molecule has 0 spiro atoms. The van der Waals surface area contributed by atoms with Crippen LogP contribution >= 0.6 is 0 Å². The van der Waals surface area contributed by atoms with Gasteiger partial charge in [0.1, 0.15) is 37.1 Å². The molecule has 0 aromatic heterocycles. The second kappa shape index (κ2) is 19.9. The van der Waals surface area contributed by atoms with Gasteiger partial charge in [0.2, 0.25) is 0 Å². The highest BCUT2D eigenvalue weighted by Crippen LogP contribution is 2.44. The number of hydrogen-bond donors (Lipinski definition) is 6. The Morgan fingerprint density at radius 1 is 0.689 bits per heavy atom. The van der Waals surface area contributed by atoms with E-state index in [1.807, 2.05) is 96.8 Å². The van der Waals surface area contributed by atoms with E-state index in [0.717, 1.165) is 33.4 Å². The molecule has 13 heteroatoms. The number of hydrogen-bond acceptors (Lipinski definition) is 12. The van der Waals surface area contributed by atoms with Crippen molar-refractivity contribution in [2.45, 2.75) is 106 Å². The summed E-state index contributed by atoms with van der Waals surface area (Å²) in [6.07, 6.45) is -7.69. The number of nitrogens with zero attached hydrogens (tertiary/aromatic N) is 1. The largest absolute Gasteiger partial charge is 0.449 e. The number of rotatable bonds is 14. The van der Waals surface area contributed by atoms with Crippen molar-refractivity contribution >= 4 is 6.09 Å². The van der Waals surface area contributed by atoms with Crippen molar-refractivity contribution in [3.05, 3.63) is 131 Å². The molecule has 4 aromatic rings. The normalized spacial score (nSPS) is 28.6. The molecule has 3 unspecified atom stereocenters. The highest BCUT2D eigenvalue weighted by atomic mass is 16.7. The van der Waals surface area contributed by atoms with Crippen LogP contribution in [0, 0.1) is 5.92 Å². The van der Waals surface area contributed by atoms with Crippen molar-refractivity contribution in [3.63, 3.8) is 0 Å². The van der Waals surface area contributed by atoms with Crippen LogP contribution in [-0.2, 0) is 23.7 Å². The first-order valence-electron chi connectivity index (χ1n) is 21.5. The van der Waals surface area contributed by atoms with E-state index in [-0.39, 0.29) is 50.9 Å². The van der Waals surface area contributed by atoms with E-state index in [2.05, 4.69) is 29.6 Å². The third kappa shape index (κ3) is 10.0. The molecule has 1 saturated carbocycles. The molecule has 13 nitrogen and oxygen atoms in total. The van der Waals surface area contributed by atoms with Gasteiger partial charge in [-0.2, -0.15) is 0 Å². The van der Waals surface area contributed by atoms with Gasteiger partial charge in [0.05, 0.1) is 25.4 Å². The monoisotopic (exact) mass is 838 g/mol. The lowest BCUT2D eigenvalue weighted by molar-refractivity contribution is -0.284. The van der Waals surface area contributed by atoms with E-state index in [1.54, 1.807) is 0 Å². The highest BCUT2D eigenvalue weighted by molar-refractivity contribution is 5.79. The number of carbonyl (C=O) groups excluding carboxylic acids is 1. The minimum absolute atomic E-state index is 0.000632. The van der Waals surface area contributed by atoms with Gasteiger partial charge in [0, 0.05) is 42.2 Å². The van der Waals surface area contributed by atoms with Crippen LogP contribution in [0.2, 0.25) is 0 Å². The molecule has 10 atom stereocenters. The predicted molar refractivity (Wildman–Crippen MR) is 225 cm³/mol. The van der Waals surface area contributed by atoms with E-state index >= 15 is 0 Å². The third-order valence-corrected chi connectivity index (χ3v) is 12.8. The van der Waals surface area contributed by atoms with Crippen LogP contribution in [0.3, 0.4) is 0 Å². The number of aliphatic hydroxyl groups excluding tert-OH is 5. The van der Waals surface area contributed by atoms with Gasteiger partial charge in [-0.05, 0) is 53.9 Å². The zero-order valence-electron chi connectivity index (χ0n) is 34.4. The summed E-state index contributed by atoms with van der Waals surface area (Å²) >= 11 is 0. The lowest BCUT2D eigenvalue weighted by atomic mass is 9.88. The minimum atomic E-state index is -1.47. The van der Waals surface area contributed by atoms with E-state index in [0.29, 0.717) is 25.7 Å². The molecular weight excluding hydrogens is 781 g/mol. The summed E-state index contributed by atoms with van der Waals surface area (Å²) in [7, 11) is 0. The average molecular weight is 839 g/mol. The molecule has 2 heterocycles. The van der Waals surface area contributed by atoms with Gasteiger partial charge in [0.15, 0.2) is 12.6 Å². The minimum Gasteiger partial charge on any atom is -0.449 e. The van der Waals surface area contributed by atoms with E-state index in [1.165, 1.54) is 0 Å². The van der Waals surface area contributed by atoms with Gasteiger partial charge in [-0.25, -0.2) is 4.79 Å². The maximum absolute atomic E-state index is 13.2. The van der Waals surface area contributed by atoms with E-state index in [9.17, 15) is 30.3 Å². The van der Waals surface area contributed by atoms with Crippen molar-refractivity contribution in [2.75, 3.05) is 32.9 Å². The summed E-state index contributed by atoms with van der Waals surface area (Å²) in [6.45, 7) is 2.27. The van der Waals surface area contributed by atoms with Gasteiger partial charge in [0.25, 0.3) is 0 Å². The Kier molecular flexibility index (Phi) is 14.1. The van der Waals surface area contributed by atoms with Crippen LogP contribution in [0.15, 0.2) is 109 Å².